The lowest BCUT2D eigenvalue weighted by molar-refractivity contribution is -0.386. The van der Waals surface area contributed by atoms with Gasteiger partial charge in [-0.2, -0.15) is 0 Å². The molecule has 0 amide bonds. The van der Waals surface area contributed by atoms with Crippen molar-refractivity contribution in [2.24, 2.45) is 0 Å². The van der Waals surface area contributed by atoms with Gasteiger partial charge in [-0.3, -0.25) is 10.1 Å². The number of rotatable bonds is 4. The van der Waals surface area contributed by atoms with Crippen molar-refractivity contribution in [3.63, 3.8) is 0 Å². The van der Waals surface area contributed by atoms with Crippen LogP contribution in [-0.4, -0.2) is 24.7 Å². The second kappa shape index (κ2) is 5.11. The maximum Gasteiger partial charge on any atom is 0.311 e. The van der Waals surface area contributed by atoms with Crippen LogP contribution >= 0.6 is 0 Å². The Balaban J connectivity index is 2.30. The number of nitro groups is 1. The highest BCUT2D eigenvalue weighted by atomic mass is 16.7. The maximum atomic E-state index is 10.9. The lowest BCUT2D eigenvalue weighted by Gasteiger charge is -2.10. The molecule has 0 atom stereocenters. The largest absolute Gasteiger partial charge is 0.487 e. The summed E-state index contributed by atoms with van der Waals surface area (Å²) in [6.07, 6.45) is -0.510. The summed E-state index contributed by atoms with van der Waals surface area (Å²) in [5, 5.41) is 10.9. The topological polar surface area (TPSA) is 70.8 Å². The van der Waals surface area contributed by atoms with Gasteiger partial charge < -0.3 is 14.2 Å². The van der Waals surface area contributed by atoms with E-state index in [9.17, 15) is 10.1 Å². The van der Waals surface area contributed by atoms with Crippen LogP contribution in [0.4, 0.5) is 5.69 Å². The van der Waals surface area contributed by atoms with E-state index in [2.05, 4.69) is 0 Å². The van der Waals surface area contributed by atoms with Crippen molar-refractivity contribution in [1.82, 2.24) is 0 Å². The van der Waals surface area contributed by atoms with E-state index in [-0.39, 0.29) is 11.4 Å². The second-order valence-corrected chi connectivity index (χ2v) is 3.49. The average molecular weight is 239 g/mol. The Hall–Kier alpha value is -1.66. The Labute approximate surface area is 98.2 Å². The third-order valence-corrected chi connectivity index (χ3v) is 2.37. The highest BCUT2D eigenvalue weighted by Crippen LogP contribution is 2.32. The zero-order valence-electron chi connectivity index (χ0n) is 9.42. The Morgan fingerprint density at radius 1 is 1.47 bits per heavy atom. The summed E-state index contributed by atoms with van der Waals surface area (Å²) in [7, 11) is 0. The van der Waals surface area contributed by atoms with Crippen molar-refractivity contribution in [2.75, 3.05) is 19.8 Å². The zero-order valence-corrected chi connectivity index (χ0v) is 9.42. The predicted molar refractivity (Wildman–Crippen MR) is 58.9 cm³/mol. The van der Waals surface area contributed by atoms with Crippen molar-refractivity contribution < 1.29 is 19.1 Å². The van der Waals surface area contributed by atoms with E-state index in [1.807, 2.05) is 0 Å². The van der Waals surface area contributed by atoms with Gasteiger partial charge in [0.25, 0.3) is 0 Å². The van der Waals surface area contributed by atoms with Crippen LogP contribution < -0.4 is 4.74 Å². The van der Waals surface area contributed by atoms with E-state index in [0.717, 1.165) is 0 Å². The molecule has 0 unspecified atom stereocenters. The summed E-state index contributed by atoms with van der Waals surface area (Å²) in [5.74, 6) is 0.263. The van der Waals surface area contributed by atoms with Gasteiger partial charge in [-0.25, -0.2) is 0 Å². The molecule has 0 bridgehead atoms. The average Bonchev–Trinajstić information content (AvgIpc) is 2.83. The molecule has 1 aromatic rings. The van der Waals surface area contributed by atoms with Crippen LogP contribution in [-0.2, 0) is 9.47 Å². The number of hydrogen-bond acceptors (Lipinski definition) is 5. The van der Waals surface area contributed by atoms with Crippen LogP contribution in [0.2, 0.25) is 0 Å². The van der Waals surface area contributed by atoms with Gasteiger partial charge >= 0.3 is 5.69 Å². The van der Waals surface area contributed by atoms with Crippen LogP contribution in [0.5, 0.6) is 5.75 Å². The first-order chi connectivity index (χ1) is 8.22. The van der Waals surface area contributed by atoms with Crippen molar-refractivity contribution >= 4 is 5.69 Å². The van der Waals surface area contributed by atoms with Crippen LogP contribution in [0.15, 0.2) is 18.2 Å². The minimum atomic E-state index is -0.510. The molecule has 0 aromatic heterocycles. The summed E-state index contributed by atoms with van der Waals surface area (Å²) in [5.41, 5.74) is 0.570. The minimum absolute atomic E-state index is 0.0662. The Kier molecular flexibility index (Phi) is 3.55. The highest BCUT2D eigenvalue weighted by Gasteiger charge is 2.23. The number of ether oxygens (including phenoxy) is 3. The molecule has 1 heterocycles. The fourth-order valence-corrected chi connectivity index (χ4v) is 1.65. The first kappa shape index (κ1) is 11.8. The summed E-state index contributed by atoms with van der Waals surface area (Å²) in [6.45, 7) is 3.18. The van der Waals surface area contributed by atoms with Gasteiger partial charge in [-0.15, -0.1) is 0 Å². The standard InChI is InChI=1S/C11H13NO5/c1-2-15-10-4-3-8(7-9(10)12(13)14)11-16-5-6-17-11/h3-4,7,11H,2,5-6H2,1H3. The SMILES string of the molecule is CCOc1ccc(C2OCCO2)cc1[N+](=O)[O-]. The van der Waals surface area contributed by atoms with Crippen molar-refractivity contribution in [1.29, 1.82) is 0 Å². The lowest BCUT2D eigenvalue weighted by Crippen LogP contribution is -2.02. The number of nitrogens with zero attached hydrogens (tertiary/aromatic N) is 1. The second-order valence-electron chi connectivity index (χ2n) is 3.49. The molecular formula is C11H13NO5. The van der Waals surface area contributed by atoms with E-state index in [0.29, 0.717) is 25.4 Å². The predicted octanol–water partition coefficient (Wildman–Crippen LogP) is 2.04. The molecular weight excluding hydrogens is 226 g/mol. The van der Waals surface area contributed by atoms with Gasteiger partial charge in [0.05, 0.1) is 24.7 Å². The molecule has 0 saturated carbocycles. The highest BCUT2D eigenvalue weighted by molar-refractivity contribution is 5.49. The maximum absolute atomic E-state index is 10.9. The fourth-order valence-electron chi connectivity index (χ4n) is 1.65. The molecule has 1 aliphatic rings. The van der Waals surface area contributed by atoms with E-state index in [1.165, 1.54) is 6.07 Å². The van der Waals surface area contributed by atoms with Gasteiger partial charge in [-0.1, -0.05) is 0 Å². The molecule has 6 nitrogen and oxygen atoms in total. The number of benzene rings is 1. The van der Waals surface area contributed by atoms with Crippen molar-refractivity contribution in [3.8, 4) is 5.75 Å². The van der Waals surface area contributed by atoms with Crippen molar-refractivity contribution in [2.45, 2.75) is 13.2 Å². The van der Waals surface area contributed by atoms with Crippen LogP contribution in [0, 0.1) is 10.1 Å². The van der Waals surface area contributed by atoms with Gasteiger partial charge in [0, 0.05) is 11.6 Å². The van der Waals surface area contributed by atoms with Gasteiger partial charge in [0.15, 0.2) is 12.0 Å². The Bertz CT molecular complexity index is 414. The van der Waals surface area contributed by atoms with Crippen molar-refractivity contribution in [3.05, 3.63) is 33.9 Å². The third kappa shape index (κ3) is 2.54. The Morgan fingerprint density at radius 3 is 2.76 bits per heavy atom. The quantitative estimate of drug-likeness (QED) is 0.594. The molecule has 1 aliphatic heterocycles. The summed E-state index contributed by atoms with van der Waals surface area (Å²) in [6, 6.07) is 4.72. The zero-order chi connectivity index (χ0) is 12.3. The fraction of sp³-hybridized carbons (Fsp3) is 0.455. The van der Waals surface area contributed by atoms with Gasteiger partial charge in [0.2, 0.25) is 0 Å². The minimum Gasteiger partial charge on any atom is -0.487 e. The third-order valence-electron chi connectivity index (χ3n) is 2.37. The molecule has 0 N–H and O–H groups in total. The van der Waals surface area contributed by atoms with Gasteiger partial charge in [0.1, 0.15) is 0 Å². The number of hydrogen-bond donors (Lipinski definition) is 0. The Morgan fingerprint density at radius 2 is 2.18 bits per heavy atom. The van der Waals surface area contributed by atoms with Crippen LogP contribution in [0.1, 0.15) is 18.8 Å². The molecule has 1 fully saturated rings. The molecule has 1 aromatic carbocycles. The summed E-state index contributed by atoms with van der Waals surface area (Å²) in [4.78, 5) is 10.4. The molecule has 0 spiro atoms. The first-order valence-electron chi connectivity index (χ1n) is 5.36. The molecule has 0 aliphatic carbocycles. The summed E-state index contributed by atoms with van der Waals surface area (Å²) < 4.78 is 15.8. The van der Waals surface area contributed by atoms with E-state index >= 15 is 0 Å². The monoisotopic (exact) mass is 239 g/mol. The summed E-state index contributed by atoms with van der Waals surface area (Å²) >= 11 is 0. The smallest absolute Gasteiger partial charge is 0.311 e. The van der Waals surface area contributed by atoms with Crippen LogP contribution in [0.25, 0.3) is 0 Å². The molecule has 17 heavy (non-hydrogen) atoms. The molecule has 2 rings (SSSR count). The van der Waals surface area contributed by atoms with Gasteiger partial charge in [-0.05, 0) is 19.1 Å². The first-order valence-corrected chi connectivity index (χ1v) is 5.36. The van der Waals surface area contributed by atoms with E-state index in [1.54, 1.807) is 19.1 Å². The van der Waals surface area contributed by atoms with E-state index in [4.69, 9.17) is 14.2 Å². The molecule has 6 heteroatoms. The molecule has 1 saturated heterocycles. The van der Waals surface area contributed by atoms with E-state index < -0.39 is 11.2 Å². The number of nitro benzene ring substituents is 1. The molecule has 92 valence electrons. The normalized spacial score (nSPS) is 16.1. The molecule has 0 radical (unpaired) electrons. The van der Waals surface area contributed by atoms with Crippen LogP contribution in [0.3, 0.4) is 0 Å². The lowest BCUT2D eigenvalue weighted by atomic mass is 10.2.